The van der Waals surface area contributed by atoms with E-state index in [-0.39, 0.29) is 5.91 Å². The van der Waals surface area contributed by atoms with Crippen molar-refractivity contribution in [3.05, 3.63) is 60.7 Å². The highest BCUT2D eigenvalue weighted by Gasteiger charge is 2.19. The normalized spacial score (nSPS) is 14.1. The molecule has 5 heterocycles. The second-order valence-corrected chi connectivity index (χ2v) is 7.82. The van der Waals surface area contributed by atoms with Gasteiger partial charge >= 0.3 is 0 Å². The van der Waals surface area contributed by atoms with Gasteiger partial charge in [0.1, 0.15) is 11.5 Å². The van der Waals surface area contributed by atoms with E-state index in [0.717, 1.165) is 60.3 Å². The molecule has 1 aliphatic rings. The van der Waals surface area contributed by atoms with E-state index in [1.165, 1.54) is 0 Å². The number of carbonyl (C=O) groups excluding carboxylic acids is 1. The van der Waals surface area contributed by atoms with Crippen molar-refractivity contribution in [3.63, 3.8) is 0 Å². The average molecular weight is 429 g/mol. The molecule has 0 spiro atoms. The van der Waals surface area contributed by atoms with Gasteiger partial charge in [-0.05, 0) is 36.8 Å². The molecule has 1 saturated heterocycles. The molecule has 9 nitrogen and oxygen atoms in total. The lowest BCUT2D eigenvalue weighted by atomic mass is 10.2. The van der Waals surface area contributed by atoms with Crippen LogP contribution in [0.25, 0.3) is 17.0 Å². The molecule has 0 aromatic carbocycles. The zero-order valence-electron chi connectivity index (χ0n) is 18.1. The number of aromatic nitrogens is 5. The van der Waals surface area contributed by atoms with E-state index in [2.05, 4.69) is 25.2 Å². The summed E-state index contributed by atoms with van der Waals surface area (Å²) in [4.78, 5) is 33.8. The minimum atomic E-state index is 0.124. The van der Waals surface area contributed by atoms with Crippen LogP contribution in [0.4, 0.5) is 17.5 Å². The Morgan fingerprint density at radius 2 is 1.81 bits per heavy atom. The van der Waals surface area contributed by atoms with Crippen LogP contribution in [-0.4, -0.2) is 61.3 Å². The van der Waals surface area contributed by atoms with Crippen LogP contribution < -0.4 is 10.2 Å². The smallest absolute Gasteiger partial charge is 0.227 e. The monoisotopic (exact) mass is 428 g/mol. The van der Waals surface area contributed by atoms with Crippen molar-refractivity contribution in [2.45, 2.75) is 13.8 Å². The van der Waals surface area contributed by atoms with Gasteiger partial charge in [-0.25, -0.2) is 19.9 Å². The molecule has 1 N–H and O–H groups in total. The van der Waals surface area contributed by atoms with Gasteiger partial charge in [-0.1, -0.05) is 6.07 Å². The third kappa shape index (κ3) is 3.84. The molecule has 4 aromatic rings. The topological polar surface area (TPSA) is 91.6 Å². The summed E-state index contributed by atoms with van der Waals surface area (Å²) in [6, 6.07) is 9.85. The van der Waals surface area contributed by atoms with Gasteiger partial charge in [0.25, 0.3) is 0 Å². The third-order valence-electron chi connectivity index (χ3n) is 5.68. The molecule has 32 heavy (non-hydrogen) atoms. The maximum Gasteiger partial charge on any atom is 0.227 e. The van der Waals surface area contributed by atoms with Crippen LogP contribution in [0.5, 0.6) is 0 Å². The van der Waals surface area contributed by atoms with E-state index in [4.69, 9.17) is 4.98 Å². The number of nitrogens with zero attached hydrogens (tertiary/aromatic N) is 7. The van der Waals surface area contributed by atoms with E-state index in [9.17, 15) is 4.79 Å². The molecule has 4 aromatic heterocycles. The van der Waals surface area contributed by atoms with Gasteiger partial charge < -0.3 is 15.1 Å². The number of carbonyl (C=O) groups is 1. The Bertz CT molecular complexity index is 1260. The number of anilines is 3. The van der Waals surface area contributed by atoms with Crippen LogP contribution >= 0.6 is 0 Å². The minimum Gasteiger partial charge on any atom is -0.353 e. The number of rotatable bonds is 4. The minimum absolute atomic E-state index is 0.124. The number of nitrogens with one attached hydrogen (secondary N) is 1. The Morgan fingerprint density at radius 3 is 2.56 bits per heavy atom. The Kier molecular flexibility index (Phi) is 5.14. The maximum atomic E-state index is 11.5. The number of hydrogen-bond acceptors (Lipinski definition) is 7. The molecular weight excluding hydrogens is 404 g/mol. The standard InChI is InChI=1S/C23H24N8O/c1-16-13-26-23(28-22(16)19-15-25-21-5-3-4-8-31(19)21)27-18-6-7-20(24-14-18)30-11-9-29(10-12-30)17(2)32/h3-8,13-15H,9-12H2,1-2H3,(H,26,27,28). The van der Waals surface area contributed by atoms with Crippen molar-refractivity contribution >= 4 is 29.0 Å². The highest BCUT2D eigenvalue weighted by atomic mass is 16.2. The molecule has 0 atom stereocenters. The maximum absolute atomic E-state index is 11.5. The second-order valence-electron chi connectivity index (χ2n) is 7.82. The predicted octanol–water partition coefficient (Wildman–Crippen LogP) is 2.91. The van der Waals surface area contributed by atoms with Crippen LogP contribution in [-0.2, 0) is 4.79 Å². The Morgan fingerprint density at radius 1 is 0.969 bits per heavy atom. The van der Waals surface area contributed by atoms with E-state index in [1.54, 1.807) is 13.1 Å². The lowest BCUT2D eigenvalue weighted by molar-refractivity contribution is -0.129. The van der Waals surface area contributed by atoms with Crippen LogP contribution in [0.1, 0.15) is 12.5 Å². The van der Waals surface area contributed by atoms with Gasteiger partial charge in [0.05, 0.1) is 29.5 Å². The largest absolute Gasteiger partial charge is 0.353 e. The van der Waals surface area contributed by atoms with E-state index >= 15 is 0 Å². The third-order valence-corrected chi connectivity index (χ3v) is 5.68. The summed E-state index contributed by atoms with van der Waals surface area (Å²) in [6.07, 6.45) is 7.40. The Hall–Kier alpha value is -4.01. The van der Waals surface area contributed by atoms with Crippen LogP contribution in [0.3, 0.4) is 0 Å². The highest BCUT2D eigenvalue weighted by Crippen LogP contribution is 2.24. The van der Waals surface area contributed by atoms with Gasteiger partial charge in [-0.15, -0.1) is 0 Å². The molecule has 0 bridgehead atoms. The summed E-state index contributed by atoms with van der Waals surface area (Å²) in [5.41, 5.74) is 4.40. The first-order chi connectivity index (χ1) is 15.6. The number of fused-ring (bicyclic) bond motifs is 1. The van der Waals surface area contributed by atoms with Crippen molar-refractivity contribution in [1.82, 2.24) is 29.2 Å². The number of aryl methyl sites for hydroxylation is 1. The van der Waals surface area contributed by atoms with Crippen molar-refractivity contribution in [2.24, 2.45) is 0 Å². The first-order valence-electron chi connectivity index (χ1n) is 10.6. The van der Waals surface area contributed by atoms with Gasteiger partial charge in [-0.3, -0.25) is 9.20 Å². The zero-order valence-corrected chi connectivity index (χ0v) is 18.1. The molecule has 1 amide bonds. The van der Waals surface area contributed by atoms with Crippen LogP contribution in [0.2, 0.25) is 0 Å². The number of imidazole rings is 1. The van der Waals surface area contributed by atoms with Crippen molar-refractivity contribution < 1.29 is 4.79 Å². The fourth-order valence-electron chi connectivity index (χ4n) is 3.90. The summed E-state index contributed by atoms with van der Waals surface area (Å²) >= 11 is 0. The molecular formula is C23H24N8O. The molecule has 1 aliphatic heterocycles. The van der Waals surface area contributed by atoms with Gasteiger partial charge in [-0.2, -0.15) is 0 Å². The molecule has 0 aliphatic carbocycles. The highest BCUT2D eigenvalue weighted by molar-refractivity contribution is 5.73. The summed E-state index contributed by atoms with van der Waals surface area (Å²) in [5, 5.41) is 3.25. The van der Waals surface area contributed by atoms with Crippen LogP contribution in [0, 0.1) is 6.92 Å². The molecule has 1 fully saturated rings. The second kappa shape index (κ2) is 8.26. The van der Waals surface area contributed by atoms with Gasteiger partial charge in [0.15, 0.2) is 0 Å². The van der Waals surface area contributed by atoms with E-state index in [1.807, 2.05) is 65.1 Å². The van der Waals surface area contributed by atoms with Crippen molar-refractivity contribution in [3.8, 4) is 11.4 Å². The number of piperazine rings is 1. The molecule has 0 saturated carbocycles. The van der Waals surface area contributed by atoms with Gasteiger partial charge in [0, 0.05) is 45.5 Å². The summed E-state index contributed by atoms with van der Waals surface area (Å²) in [5.74, 6) is 1.52. The van der Waals surface area contributed by atoms with Crippen molar-refractivity contribution in [1.29, 1.82) is 0 Å². The molecule has 162 valence electrons. The van der Waals surface area contributed by atoms with E-state index < -0.39 is 0 Å². The van der Waals surface area contributed by atoms with Crippen LogP contribution in [0.15, 0.2) is 55.1 Å². The molecule has 9 heteroatoms. The average Bonchev–Trinajstić information content (AvgIpc) is 3.25. The fraction of sp³-hybridized carbons (Fsp3) is 0.261. The predicted molar refractivity (Wildman–Crippen MR) is 123 cm³/mol. The SMILES string of the molecule is CC(=O)N1CCN(c2ccc(Nc3ncc(C)c(-c4cnc5ccccn45)n3)cn2)CC1. The number of hydrogen-bond donors (Lipinski definition) is 1. The first-order valence-corrected chi connectivity index (χ1v) is 10.6. The summed E-state index contributed by atoms with van der Waals surface area (Å²) in [6.45, 7) is 6.61. The molecule has 0 radical (unpaired) electrons. The zero-order chi connectivity index (χ0) is 22.1. The lowest BCUT2D eigenvalue weighted by Gasteiger charge is -2.34. The summed E-state index contributed by atoms with van der Waals surface area (Å²) < 4.78 is 2.02. The van der Waals surface area contributed by atoms with Gasteiger partial charge in [0.2, 0.25) is 11.9 Å². The van der Waals surface area contributed by atoms with Crippen molar-refractivity contribution in [2.75, 3.05) is 36.4 Å². The first kappa shape index (κ1) is 19.9. The Balaban J connectivity index is 1.33. The van der Waals surface area contributed by atoms with E-state index in [0.29, 0.717) is 5.95 Å². The number of amides is 1. The quantitative estimate of drug-likeness (QED) is 0.534. The lowest BCUT2D eigenvalue weighted by Crippen LogP contribution is -2.48. The molecule has 0 unspecified atom stereocenters. The number of pyridine rings is 2. The summed E-state index contributed by atoms with van der Waals surface area (Å²) in [7, 11) is 0. The molecule has 5 rings (SSSR count). The fourth-order valence-corrected chi connectivity index (χ4v) is 3.90. The Labute approximate surface area is 185 Å².